The van der Waals surface area contributed by atoms with Crippen molar-refractivity contribution in [2.45, 2.75) is 19.8 Å². The molecule has 0 saturated carbocycles. The molecule has 1 saturated heterocycles. The van der Waals surface area contributed by atoms with Crippen LogP contribution in [0.4, 0.5) is 0 Å². The molecular formula is C17H21NO3S. The number of sulfone groups is 1. The molecule has 1 fully saturated rings. The smallest absolute Gasteiger partial charge is 0.227 e. The highest BCUT2D eigenvalue weighted by atomic mass is 32.2. The zero-order valence-corrected chi connectivity index (χ0v) is 13.6. The minimum atomic E-state index is -3.00. The fraction of sp³-hybridized carbons (Fsp3) is 0.471. The van der Waals surface area contributed by atoms with Crippen LogP contribution in [0.1, 0.15) is 24.0 Å². The molecule has 22 heavy (non-hydrogen) atoms. The largest absolute Gasteiger partial charge is 0.338 e. The van der Waals surface area contributed by atoms with E-state index in [9.17, 15) is 13.2 Å². The molecule has 2 aliphatic rings. The van der Waals surface area contributed by atoms with E-state index >= 15 is 0 Å². The molecule has 0 spiro atoms. The van der Waals surface area contributed by atoms with Gasteiger partial charge in [-0.1, -0.05) is 35.9 Å². The first-order chi connectivity index (χ1) is 10.4. The van der Waals surface area contributed by atoms with Crippen LogP contribution in [0.3, 0.4) is 0 Å². The fourth-order valence-electron chi connectivity index (χ4n) is 3.15. The van der Waals surface area contributed by atoms with Gasteiger partial charge in [0.05, 0.1) is 17.4 Å². The fourth-order valence-corrected chi connectivity index (χ4v) is 4.88. The highest BCUT2D eigenvalue weighted by Crippen LogP contribution is 2.26. The van der Waals surface area contributed by atoms with Crippen LogP contribution < -0.4 is 0 Å². The lowest BCUT2D eigenvalue weighted by molar-refractivity contribution is -0.134. The summed E-state index contributed by atoms with van der Waals surface area (Å²) in [5.74, 6) is -0.155. The van der Waals surface area contributed by atoms with Gasteiger partial charge in [-0.25, -0.2) is 8.42 Å². The highest BCUT2D eigenvalue weighted by molar-refractivity contribution is 7.91. The molecule has 4 nitrogen and oxygen atoms in total. The van der Waals surface area contributed by atoms with E-state index in [-0.39, 0.29) is 23.3 Å². The van der Waals surface area contributed by atoms with E-state index in [1.807, 2.05) is 0 Å². The van der Waals surface area contributed by atoms with Gasteiger partial charge in [-0.3, -0.25) is 4.79 Å². The minimum Gasteiger partial charge on any atom is -0.338 e. The maximum atomic E-state index is 12.4. The molecule has 1 aromatic carbocycles. The van der Waals surface area contributed by atoms with E-state index in [0.717, 1.165) is 6.42 Å². The minimum absolute atomic E-state index is 0.000260. The van der Waals surface area contributed by atoms with Gasteiger partial charge in [-0.15, -0.1) is 0 Å². The Bertz CT molecular complexity index is 704. The molecule has 1 aromatic rings. The number of amides is 1. The number of rotatable bonds is 2. The van der Waals surface area contributed by atoms with E-state index in [1.54, 1.807) is 4.90 Å². The Hall–Kier alpha value is -1.62. The quantitative estimate of drug-likeness (QED) is 0.838. The van der Waals surface area contributed by atoms with Crippen molar-refractivity contribution in [2.75, 3.05) is 24.6 Å². The zero-order valence-electron chi connectivity index (χ0n) is 12.8. The van der Waals surface area contributed by atoms with Crippen molar-refractivity contribution in [2.24, 2.45) is 5.92 Å². The summed E-state index contributed by atoms with van der Waals surface area (Å²) < 4.78 is 23.0. The summed E-state index contributed by atoms with van der Waals surface area (Å²) in [6.07, 6.45) is 3.40. The highest BCUT2D eigenvalue weighted by Gasteiger charge is 2.35. The monoisotopic (exact) mass is 319 g/mol. The van der Waals surface area contributed by atoms with Crippen LogP contribution in [-0.2, 0) is 14.6 Å². The number of hydrogen-bond acceptors (Lipinski definition) is 3. The normalized spacial score (nSPS) is 24.1. The van der Waals surface area contributed by atoms with Crippen LogP contribution in [0, 0.1) is 12.8 Å². The molecule has 1 atom stereocenters. The number of nitrogens with zero attached hydrogens (tertiary/aromatic N) is 1. The van der Waals surface area contributed by atoms with Crippen LogP contribution in [0.25, 0.3) is 5.57 Å². The molecule has 0 radical (unpaired) electrons. The summed E-state index contributed by atoms with van der Waals surface area (Å²) >= 11 is 0. The molecule has 3 rings (SSSR count). The molecule has 2 heterocycles. The number of benzene rings is 1. The second-order valence-corrected chi connectivity index (χ2v) is 8.46. The van der Waals surface area contributed by atoms with Crippen LogP contribution in [-0.4, -0.2) is 43.8 Å². The summed E-state index contributed by atoms with van der Waals surface area (Å²) in [5, 5.41) is 0. The Kier molecular flexibility index (Phi) is 4.08. The van der Waals surface area contributed by atoms with E-state index < -0.39 is 9.84 Å². The number of hydrogen-bond donors (Lipinski definition) is 0. The van der Waals surface area contributed by atoms with Crippen molar-refractivity contribution in [1.82, 2.24) is 4.90 Å². The summed E-state index contributed by atoms with van der Waals surface area (Å²) in [5.41, 5.74) is 3.71. The summed E-state index contributed by atoms with van der Waals surface area (Å²) in [4.78, 5) is 14.2. The van der Waals surface area contributed by atoms with Crippen LogP contribution in [0.5, 0.6) is 0 Å². The van der Waals surface area contributed by atoms with Crippen LogP contribution in [0.2, 0.25) is 0 Å². The van der Waals surface area contributed by atoms with Crippen molar-refractivity contribution in [3.63, 3.8) is 0 Å². The predicted octanol–water partition coefficient (Wildman–Crippen LogP) is 2.05. The summed E-state index contributed by atoms with van der Waals surface area (Å²) in [6.45, 7) is 3.32. The third kappa shape index (κ3) is 3.24. The van der Waals surface area contributed by atoms with Gasteiger partial charge < -0.3 is 4.90 Å². The van der Waals surface area contributed by atoms with Crippen molar-refractivity contribution >= 4 is 21.3 Å². The number of carbonyl (C=O) groups excluding carboxylic acids is 1. The predicted molar refractivity (Wildman–Crippen MR) is 87.1 cm³/mol. The van der Waals surface area contributed by atoms with Gasteiger partial charge in [0.1, 0.15) is 0 Å². The third-order valence-corrected chi connectivity index (χ3v) is 6.29. The second kappa shape index (κ2) is 5.88. The average molecular weight is 319 g/mol. The molecular weight excluding hydrogens is 298 g/mol. The SMILES string of the molecule is Cc1ccc(C2=CCN(C(=O)[C@@H]3CCS(=O)(=O)C3)CC2)cc1. The van der Waals surface area contributed by atoms with E-state index in [2.05, 4.69) is 37.3 Å². The Morgan fingerprint density at radius 1 is 1.23 bits per heavy atom. The number of aryl methyl sites for hydroxylation is 1. The molecule has 0 aromatic heterocycles. The lowest BCUT2D eigenvalue weighted by Gasteiger charge is -2.28. The van der Waals surface area contributed by atoms with Crippen LogP contribution in [0.15, 0.2) is 30.3 Å². The van der Waals surface area contributed by atoms with E-state index in [1.165, 1.54) is 16.7 Å². The van der Waals surface area contributed by atoms with Gasteiger partial charge >= 0.3 is 0 Å². The summed E-state index contributed by atoms with van der Waals surface area (Å²) in [7, 11) is -3.00. The average Bonchev–Trinajstić information content (AvgIpc) is 2.88. The molecule has 0 N–H and O–H groups in total. The van der Waals surface area contributed by atoms with Crippen molar-refractivity contribution in [3.8, 4) is 0 Å². The zero-order chi connectivity index (χ0) is 15.7. The lowest BCUT2D eigenvalue weighted by atomic mass is 9.97. The Balaban J connectivity index is 1.66. The van der Waals surface area contributed by atoms with Gasteiger partial charge in [0, 0.05) is 13.1 Å². The third-order valence-electron chi connectivity index (χ3n) is 4.52. The first-order valence-electron chi connectivity index (χ1n) is 7.70. The maximum absolute atomic E-state index is 12.4. The van der Waals surface area contributed by atoms with Crippen LogP contribution >= 0.6 is 0 Å². The Labute approximate surface area is 131 Å². The maximum Gasteiger partial charge on any atom is 0.227 e. The first-order valence-corrected chi connectivity index (χ1v) is 9.52. The molecule has 0 aliphatic carbocycles. The van der Waals surface area contributed by atoms with Gasteiger partial charge in [-0.05, 0) is 30.9 Å². The molecule has 5 heteroatoms. The molecule has 0 unspecified atom stereocenters. The topological polar surface area (TPSA) is 54.5 Å². The Morgan fingerprint density at radius 3 is 2.50 bits per heavy atom. The van der Waals surface area contributed by atoms with Gasteiger partial charge in [0.25, 0.3) is 0 Å². The molecule has 0 bridgehead atoms. The first kappa shape index (κ1) is 15.3. The standard InChI is InChI=1S/C17H21NO3S/c1-13-2-4-14(5-3-13)15-6-9-18(10-7-15)17(19)16-8-11-22(20,21)12-16/h2-6,16H,7-12H2,1H3/t16-/m1/s1. The van der Waals surface area contributed by atoms with Crippen molar-refractivity contribution in [1.29, 1.82) is 0 Å². The van der Waals surface area contributed by atoms with E-state index in [0.29, 0.717) is 19.5 Å². The van der Waals surface area contributed by atoms with Crippen molar-refractivity contribution < 1.29 is 13.2 Å². The number of carbonyl (C=O) groups is 1. The molecule has 118 valence electrons. The Morgan fingerprint density at radius 2 is 1.95 bits per heavy atom. The van der Waals surface area contributed by atoms with Gasteiger partial charge in [-0.2, -0.15) is 0 Å². The lowest BCUT2D eigenvalue weighted by Crippen LogP contribution is -2.39. The molecule has 1 amide bonds. The molecule has 2 aliphatic heterocycles. The second-order valence-electron chi connectivity index (χ2n) is 6.23. The van der Waals surface area contributed by atoms with Crippen molar-refractivity contribution in [3.05, 3.63) is 41.5 Å². The van der Waals surface area contributed by atoms with Gasteiger partial charge in [0.2, 0.25) is 5.91 Å². The summed E-state index contributed by atoms with van der Waals surface area (Å²) in [6, 6.07) is 8.42. The van der Waals surface area contributed by atoms with Gasteiger partial charge in [0.15, 0.2) is 9.84 Å². The van der Waals surface area contributed by atoms with E-state index in [4.69, 9.17) is 0 Å².